The zero-order valence-corrected chi connectivity index (χ0v) is 7.79. The Morgan fingerprint density at radius 2 is 1.07 bits per heavy atom. The molecule has 0 saturated carbocycles. The summed E-state index contributed by atoms with van der Waals surface area (Å²) in [5.74, 6) is 0. The maximum absolute atomic E-state index is 11.2. The van der Waals surface area contributed by atoms with Crippen LogP contribution in [0.5, 0.6) is 0 Å². The van der Waals surface area contributed by atoms with E-state index in [0.29, 0.717) is 0 Å². The Labute approximate surface area is 81.0 Å². The highest BCUT2D eigenvalue weighted by Gasteiger charge is 2.19. The van der Waals surface area contributed by atoms with Gasteiger partial charge in [-0.3, -0.25) is 0 Å². The van der Waals surface area contributed by atoms with Crippen LogP contribution in [0.25, 0.3) is 0 Å². The highest BCUT2D eigenvalue weighted by atomic mass is 16.5. The van der Waals surface area contributed by atoms with Gasteiger partial charge >= 0.3 is 0 Å². The van der Waals surface area contributed by atoms with Crippen LogP contribution in [0.1, 0.15) is 0 Å². The van der Waals surface area contributed by atoms with Crippen molar-refractivity contribution >= 4 is 34.1 Å². The van der Waals surface area contributed by atoms with E-state index in [2.05, 4.69) is 0 Å². The zero-order chi connectivity index (χ0) is 11.0. The Balaban J connectivity index is 3.60. The first-order valence-corrected chi connectivity index (χ1v) is 3.90. The molecule has 0 amide bonds. The van der Waals surface area contributed by atoms with Gasteiger partial charge < -0.3 is 38.9 Å². The summed E-state index contributed by atoms with van der Waals surface area (Å²) in [7, 11) is 1.33. The fourth-order valence-corrected chi connectivity index (χ4v) is 1.23. The second kappa shape index (κ2) is 3.13. The molecule has 0 aromatic heterocycles. The third-order valence-corrected chi connectivity index (χ3v) is 2.05. The van der Waals surface area contributed by atoms with Gasteiger partial charge in [0.05, 0.1) is 24.1 Å². The van der Waals surface area contributed by atoms with Gasteiger partial charge in [-0.25, -0.2) is 0 Å². The van der Waals surface area contributed by atoms with Crippen molar-refractivity contribution < 1.29 is 5.06 Å². The molecule has 7 nitrogen and oxygen atoms in total. The first kappa shape index (κ1) is 10.2. The van der Waals surface area contributed by atoms with Crippen molar-refractivity contribution in [3.63, 3.8) is 0 Å². The van der Waals surface area contributed by atoms with Gasteiger partial charge in [0.2, 0.25) is 0 Å². The van der Waals surface area contributed by atoms with Gasteiger partial charge in [-0.05, 0) is 0 Å². The molecule has 78 valence electrons. The highest BCUT2D eigenvalue weighted by Crippen LogP contribution is 2.39. The van der Waals surface area contributed by atoms with Crippen LogP contribution in [0.15, 0.2) is 0 Å². The number of nitrogen functional groups attached to an aromatic ring is 5. The predicted octanol–water partition coefficient (Wildman–Crippen LogP) is -1.76. The lowest BCUT2D eigenvalue weighted by Crippen LogP contribution is -2.98. The molecule has 1 aromatic rings. The topological polar surface area (TPSA) is 158 Å². The molecule has 1 unspecified atom stereocenters. The number of rotatable bonds is 1. The summed E-state index contributed by atoms with van der Waals surface area (Å²) in [6, 6.07) is 0. The number of hydrogen-bond acceptors (Lipinski definition) is 6. The number of nitrogens with two attached hydrogens (primary N) is 5. The van der Waals surface area contributed by atoms with Gasteiger partial charge in [0.1, 0.15) is 11.4 Å². The minimum absolute atomic E-state index is 0.0849. The van der Waals surface area contributed by atoms with E-state index in [-0.39, 0.29) is 39.2 Å². The van der Waals surface area contributed by atoms with E-state index >= 15 is 0 Å². The fraction of sp³-hybridized carbons (Fsp3) is 0.143. The number of hydrogen-bond donors (Lipinski definition) is 6. The van der Waals surface area contributed by atoms with Crippen molar-refractivity contribution in [2.75, 3.05) is 35.7 Å². The van der Waals surface area contributed by atoms with Gasteiger partial charge in [0.15, 0.2) is 5.69 Å². The molecule has 0 fully saturated rings. The van der Waals surface area contributed by atoms with Gasteiger partial charge in [-0.2, -0.15) is 0 Å². The van der Waals surface area contributed by atoms with Crippen LogP contribution >= 0.6 is 0 Å². The molecule has 0 radical (unpaired) electrons. The Hall–Kier alpha value is -1.86. The highest BCUT2D eigenvalue weighted by molar-refractivity contribution is 6.00. The maximum atomic E-state index is 11.2. The van der Waals surface area contributed by atoms with E-state index in [0.717, 1.165) is 0 Å². The SMILES string of the molecule is C[NH+]([O-])c1c(N)c(N)c(N)c(N)c1N. The third-order valence-electron chi connectivity index (χ3n) is 2.05. The molecular weight excluding hydrogens is 184 g/mol. The van der Waals surface area contributed by atoms with Crippen LogP contribution in [-0.4, -0.2) is 7.05 Å². The zero-order valence-electron chi connectivity index (χ0n) is 7.79. The smallest absolute Gasteiger partial charge is 0.181 e. The number of nitrogens with one attached hydrogen (secondary N) is 1. The largest absolute Gasteiger partial charge is 0.629 e. The fourth-order valence-electron chi connectivity index (χ4n) is 1.23. The van der Waals surface area contributed by atoms with Crippen molar-refractivity contribution in [3.8, 4) is 0 Å². The van der Waals surface area contributed by atoms with Crippen LogP contribution in [-0.2, 0) is 0 Å². The molecule has 1 aromatic carbocycles. The van der Waals surface area contributed by atoms with E-state index in [1.165, 1.54) is 7.05 Å². The van der Waals surface area contributed by atoms with Crippen LogP contribution in [0.2, 0.25) is 0 Å². The average molecular weight is 198 g/mol. The maximum Gasteiger partial charge on any atom is 0.181 e. The second-order valence-electron chi connectivity index (χ2n) is 3.00. The molecule has 1 atom stereocenters. The van der Waals surface area contributed by atoms with E-state index < -0.39 is 0 Å². The van der Waals surface area contributed by atoms with Crippen molar-refractivity contribution in [3.05, 3.63) is 5.21 Å². The minimum Gasteiger partial charge on any atom is -0.629 e. The normalized spacial score (nSPS) is 12.7. The number of quaternary nitrogens is 1. The molecule has 0 aliphatic carbocycles. The second-order valence-corrected chi connectivity index (χ2v) is 3.00. The van der Waals surface area contributed by atoms with E-state index in [9.17, 15) is 5.21 Å². The first-order valence-electron chi connectivity index (χ1n) is 3.90. The quantitative estimate of drug-likeness (QED) is 0.232. The Morgan fingerprint density at radius 3 is 1.36 bits per heavy atom. The third kappa shape index (κ3) is 1.24. The van der Waals surface area contributed by atoms with E-state index in [4.69, 9.17) is 28.7 Å². The molecular formula is C7H14N6O. The number of anilines is 5. The number of benzene rings is 1. The Kier molecular flexibility index (Phi) is 2.28. The standard InChI is InChI=1S/C7H14N6O/c1-13(14)7-5(11)3(9)2(8)4(10)6(7)12/h13H,8-12H2,1H3. The van der Waals surface area contributed by atoms with Crippen LogP contribution in [0, 0.1) is 5.21 Å². The van der Waals surface area contributed by atoms with Gasteiger partial charge in [0, 0.05) is 0 Å². The molecule has 7 heteroatoms. The van der Waals surface area contributed by atoms with E-state index in [1.807, 2.05) is 0 Å². The number of hydroxylamine groups is 1. The molecule has 1 rings (SSSR count). The Morgan fingerprint density at radius 1 is 0.786 bits per heavy atom. The summed E-state index contributed by atoms with van der Waals surface area (Å²) in [6.45, 7) is 0. The van der Waals surface area contributed by atoms with Gasteiger partial charge in [0.25, 0.3) is 0 Å². The molecule has 0 saturated heterocycles. The molecule has 11 N–H and O–H groups in total. The summed E-state index contributed by atoms with van der Waals surface area (Å²) in [4.78, 5) is 0. The van der Waals surface area contributed by atoms with Gasteiger partial charge in [-0.1, -0.05) is 0 Å². The first-order chi connectivity index (χ1) is 6.37. The lowest BCUT2D eigenvalue weighted by atomic mass is 10.1. The van der Waals surface area contributed by atoms with Crippen LogP contribution < -0.4 is 33.7 Å². The van der Waals surface area contributed by atoms with Crippen molar-refractivity contribution in [2.45, 2.75) is 0 Å². The molecule has 14 heavy (non-hydrogen) atoms. The Bertz CT molecular complexity index is 346. The lowest BCUT2D eigenvalue weighted by molar-refractivity contribution is -0.750. The molecule has 0 aliphatic heterocycles. The summed E-state index contributed by atoms with van der Waals surface area (Å²) in [5, 5.41) is 10.9. The summed E-state index contributed by atoms with van der Waals surface area (Å²) >= 11 is 0. The van der Waals surface area contributed by atoms with E-state index in [1.54, 1.807) is 0 Å². The van der Waals surface area contributed by atoms with Crippen LogP contribution in [0.3, 0.4) is 0 Å². The molecule has 0 bridgehead atoms. The lowest BCUT2D eigenvalue weighted by Gasteiger charge is -2.22. The van der Waals surface area contributed by atoms with Crippen molar-refractivity contribution in [1.29, 1.82) is 0 Å². The predicted molar refractivity (Wildman–Crippen MR) is 58.4 cm³/mol. The molecule has 0 spiro atoms. The minimum atomic E-state index is -0.293. The average Bonchev–Trinajstić information content (AvgIpc) is 2.11. The van der Waals surface area contributed by atoms with Crippen LogP contribution in [0.4, 0.5) is 34.1 Å². The molecule has 0 heterocycles. The summed E-state index contributed by atoms with van der Waals surface area (Å²) in [6.07, 6.45) is 0. The van der Waals surface area contributed by atoms with Crippen molar-refractivity contribution in [2.24, 2.45) is 0 Å². The monoisotopic (exact) mass is 198 g/mol. The summed E-state index contributed by atoms with van der Waals surface area (Å²) < 4.78 is 0. The van der Waals surface area contributed by atoms with Gasteiger partial charge in [-0.15, -0.1) is 0 Å². The van der Waals surface area contributed by atoms with Crippen molar-refractivity contribution in [1.82, 2.24) is 0 Å². The summed E-state index contributed by atoms with van der Waals surface area (Å²) in [5.41, 5.74) is 28.4. The molecule has 0 aliphatic rings.